The summed E-state index contributed by atoms with van der Waals surface area (Å²) in [7, 11) is 2.18. The summed E-state index contributed by atoms with van der Waals surface area (Å²) in [6.45, 7) is 11.0. The Morgan fingerprint density at radius 1 is 1.03 bits per heavy atom. The lowest BCUT2D eigenvalue weighted by atomic mass is 9.94. The molecule has 0 bridgehead atoms. The third kappa shape index (κ3) is 5.29. The van der Waals surface area contributed by atoms with Gasteiger partial charge in [-0.05, 0) is 63.2 Å². The van der Waals surface area contributed by atoms with Crippen LogP contribution in [0, 0.1) is 13.8 Å². The lowest BCUT2D eigenvalue weighted by Gasteiger charge is -2.39. The van der Waals surface area contributed by atoms with Gasteiger partial charge >= 0.3 is 0 Å². The van der Waals surface area contributed by atoms with E-state index in [9.17, 15) is 4.79 Å². The summed E-state index contributed by atoms with van der Waals surface area (Å²) in [6.07, 6.45) is 0. The zero-order valence-electron chi connectivity index (χ0n) is 19.9. The number of benzene rings is 2. The number of carbonyl (C=O) groups is 1. The molecule has 4 rings (SSSR count). The molecule has 2 heterocycles. The number of carbonyl (C=O) groups excluding carboxylic acids is 1. The topological polar surface area (TPSA) is 44.8 Å². The van der Waals surface area contributed by atoms with Crippen LogP contribution in [0.2, 0.25) is 0 Å². The van der Waals surface area contributed by atoms with Crippen LogP contribution in [-0.4, -0.2) is 55.5 Å². The Bertz CT molecular complexity index is 1070. The number of nitrogens with one attached hydrogen (secondary N) is 1. The number of hydrogen-bond donors (Lipinski definition) is 1. The van der Waals surface area contributed by atoms with E-state index in [-0.39, 0.29) is 11.9 Å². The van der Waals surface area contributed by atoms with Crippen LogP contribution >= 0.6 is 11.3 Å². The number of likely N-dealkylation sites (N-methyl/N-ethyl adjacent to an activating group) is 1. The minimum Gasteiger partial charge on any atom is -0.494 e. The van der Waals surface area contributed by atoms with Gasteiger partial charge in [0.15, 0.2) is 0 Å². The fourth-order valence-corrected chi connectivity index (χ4v) is 5.47. The molecular weight excluding hydrogens is 430 g/mol. The van der Waals surface area contributed by atoms with Crippen LogP contribution in [0.3, 0.4) is 0 Å². The molecule has 0 spiro atoms. The first-order valence-corrected chi connectivity index (χ1v) is 12.4. The average Bonchev–Trinajstić information content (AvgIpc) is 3.10. The lowest BCUT2D eigenvalue weighted by Crippen LogP contribution is -2.46. The summed E-state index contributed by atoms with van der Waals surface area (Å²) in [6, 6.07) is 18.0. The van der Waals surface area contributed by atoms with Crippen molar-refractivity contribution in [2.75, 3.05) is 45.2 Å². The van der Waals surface area contributed by atoms with Gasteiger partial charge in [-0.15, -0.1) is 11.3 Å². The number of ether oxygens (including phenoxy) is 1. The number of thiophene rings is 1. The maximum absolute atomic E-state index is 13.0. The van der Waals surface area contributed by atoms with Gasteiger partial charge < -0.3 is 15.0 Å². The van der Waals surface area contributed by atoms with E-state index in [4.69, 9.17) is 4.74 Å². The van der Waals surface area contributed by atoms with Crippen LogP contribution in [-0.2, 0) is 0 Å². The Morgan fingerprint density at radius 3 is 2.33 bits per heavy atom. The van der Waals surface area contributed by atoms with Crippen LogP contribution in [0.25, 0.3) is 0 Å². The minimum absolute atomic E-state index is 0.0677. The summed E-state index contributed by atoms with van der Waals surface area (Å²) in [5.41, 5.74) is 4.35. The SMILES string of the molecule is CCOc1ccc([C@@H](c2c(NC(=O)c3ccccc3)sc(C)c2C)N2CCN(C)CC2)cc1. The first kappa shape index (κ1) is 23.5. The summed E-state index contributed by atoms with van der Waals surface area (Å²) >= 11 is 1.67. The van der Waals surface area contributed by atoms with Gasteiger partial charge in [0.2, 0.25) is 0 Å². The first-order valence-electron chi connectivity index (χ1n) is 11.6. The van der Waals surface area contributed by atoms with E-state index >= 15 is 0 Å². The van der Waals surface area contributed by atoms with Gasteiger partial charge in [0.25, 0.3) is 5.91 Å². The third-order valence-corrected chi connectivity index (χ3v) is 7.52. The van der Waals surface area contributed by atoms with Crippen molar-refractivity contribution in [1.82, 2.24) is 9.80 Å². The van der Waals surface area contributed by atoms with Crippen molar-refractivity contribution in [2.24, 2.45) is 0 Å². The van der Waals surface area contributed by atoms with Gasteiger partial charge in [-0.1, -0.05) is 30.3 Å². The van der Waals surface area contributed by atoms with E-state index in [1.165, 1.54) is 21.6 Å². The number of amides is 1. The Kier molecular flexibility index (Phi) is 7.48. The van der Waals surface area contributed by atoms with E-state index in [2.05, 4.69) is 60.3 Å². The highest BCUT2D eigenvalue weighted by Crippen LogP contribution is 2.43. The molecule has 1 aromatic heterocycles. The Balaban J connectivity index is 1.74. The molecule has 0 unspecified atom stereocenters. The minimum atomic E-state index is -0.0677. The second-order valence-electron chi connectivity index (χ2n) is 8.59. The fourth-order valence-electron chi connectivity index (χ4n) is 4.38. The molecule has 0 radical (unpaired) electrons. The van der Waals surface area contributed by atoms with Crippen molar-refractivity contribution in [3.05, 3.63) is 81.7 Å². The molecule has 33 heavy (non-hydrogen) atoms. The Labute approximate surface area is 201 Å². The maximum atomic E-state index is 13.0. The van der Waals surface area contributed by atoms with Gasteiger partial charge in [0, 0.05) is 42.2 Å². The highest BCUT2D eigenvalue weighted by atomic mass is 32.1. The molecule has 1 aliphatic rings. The van der Waals surface area contributed by atoms with Crippen LogP contribution < -0.4 is 10.1 Å². The van der Waals surface area contributed by atoms with Crippen molar-refractivity contribution < 1.29 is 9.53 Å². The molecule has 1 fully saturated rings. The van der Waals surface area contributed by atoms with Crippen LogP contribution in [0.1, 0.15) is 44.9 Å². The van der Waals surface area contributed by atoms with Gasteiger partial charge in [-0.3, -0.25) is 9.69 Å². The van der Waals surface area contributed by atoms with E-state index in [0.717, 1.165) is 36.9 Å². The number of aryl methyl sites for hydroxylation is 1. The second kappa shape index (κ2) is 10.5. The zero-order chi connectivity index (χ0) is 23.4. The Hall–Kier alpha value is -2.67. The molecule has 1 amide bonds. The molecule has 1 aliphatic heterocycles. The quantitative estimate of drug-likeness (QED) is 0.513. The fraction of sp³-hybridized carbons (Fsp3) is 0.370. The smallest absolute Gasteiger partial charge is 0.256 e. The molecule has 3 aromatic rings. The molecular formula is C27H33N3O2S. The predicted octanol–water partition coefficient (Wildman–Crippen LogP) is 5.35. The van der Waals surface area contributed by atoms with Crippen molar-refractivity contribution in [1.29, 1.82) is 0 Å². The first-order chi connectivity index (χ1) is 16.0. The maximum Gasteiger partial charge on any atom is 0.256 e. The number of nitrogens with zero attached hydrogens (tertiary/aromatic N) is 2. The summed E-state index contributed by atoms with van der Waals surface area (Å²) in [4.78, 5) is 19.2. The number of hydrogen-bond acceptors (Lipinski definition) is 5. The van der Waals surface area contributed by atoms with E-state index in [0.29, 0.717) is 12.2 Å². The lowest BCUT2D eigenvalue weighted by molar-refractivity contribution is 0.102. The van der Waals surface area contributed by atoms with Gasteiger partial charge in [0.1, 0.15) is 10.8 Å². The highest BCUT2D eigenvalue weighted by molar-refractivity contribution is 7.16. The summed E-state index contributed by atoms with van der Waals surface area (Å²) < 4.78 is 5.68. The van der Waals surface area contributed by atoms with Crippen molar-refractivity contribution >= 4 is 22.2 Å². The number of anilines is 1. The van der Waals surface area contributed by atoms with Crippen LogP contribution in [0.5, 0.6) is 5.75 Å². The number of rotatable bonds is 7. The zero-order valence-corrected chi connectivity index (χ0v) is 20.7. The monoisotopic (exact) mass is 463 g/mol. The third-order valence-electron chi connectivity index (χ3n) is 6.38. The van der Waals surface area contributed by atoms with E-state index in [1.807, 2.05) is 37.3 Å². The molecule has 1 atom stereocenters. The van der Waals surface area contributed by atoms with E-state index < -0.39 is 0 Å². The molecule has 1 N–H and O–H groups in total. The average molecular weight is 464 g/mol. The van der Waals surface area contributed by atoms with Gasteiger partial charge in [-0.2, -0.15) is 0 Å². The van der Waals surface area contributed by atoms with Crippen molar-refractivity contribution in [3.63, 3.8) is 0 Å². The van der Waals surface area contributed by atoms with Gasteiger partial charge in [-0.25, -0.2) is 0 Å². The Morgan fingerprint density at radius 2 is 1.70 bits per heavy atom. The molecule has 5 nitrogen and oxygen atoms in total. The molecule has 6 heteroatoms. The van der Waals surface area contributed by atoms with Crippen molar-refractivity contribution in [2.45, 2.75) is 26.8 Å². The summed E-state index contributed by atoms with van der Waals surface area (Å²) in [5, 5.41) is 4.18. The normalized spacial score (nSPS) is 15.9. The largest absolute Gasteiger partial charge is 0.494 e. The molecule has 0 saturated carbocycles. The molecule has 2 aromatic carbocycles. The molecule has 0 aliphatic carbocycles. The van der Waals surface area contributed by atoms with E-state index in [1.54, 1.807) is 11.3 Å². The molecule has 1 saturated heterocycles. The predicted molar refractivity (Wildman–Crippen MR) is 137 cm³/mol. The van der Waals surface area contributed by atoms with Crippen LogP contribution in [0.4, 0.5) is 5.00 Å². The standard InChI is InChI=1S/C27H33N3O2S/c1-5-32-23-13-11-21(12-14-23)25(30-17-15-29(4)16-18-30)24-19(2)20(3)33-27(24)28-26(31)22-9-7-6-8-10-22/h6-14,25H,5,15-18H2,1-4H3,(H,28,31)/t25-/m0/s1. The summed E-state index contributed by atoms with van der Waals surface area (Å²) in [5.74, 6) is 0.816. The van der Waals surface area contributed by atoms with Gasteiger partial charge in [0.05, 0.1) is 12.6 Å². The highest BCUT2D eigenvalue weighted by Gasteiger charge is 2.31. The molecule has 174 valence electrons. The number of piperazine rings is 1. The van der Waals surface area contributed by atoms with Crippen molar-refractivity contribution in [3.8, 4) is 5.75 Å². The second-order valence-corrected chi connectivity index (χ2v) is 9.81. The van der Waals surface area contributed by atoms with Crippen LogP contribution in [0.15, 0.2) is 54.6 Å².